The quantitative estimate of drug-likeness (QED) is 0.455. The standard InChI is InChI=1S/C8H15F3N2O2.2ClH/c9-8(10,11)4-5(12)2-1-3-6(13)7(14)15;;/h5-6H,1-4,12-13H2,(H,14,15);2*1H/t5?,6-;;/m0../s1. The summed E-state index contributed by atoms with van der Waals surface area (Å²) in [5.74, 6) is -1.02. The lowest BCUT2D eigenvalue weighted by Gasteiger charge is -2.11. The molecule has 7 N–H and O–H groups in total. The van der Waals surface area contributed by atoms with E-state index in [4.69, 9.17) is 5.11 Å². The average Bonchev–Trinajstić information content (AvgIpc) is 2.00. The smallest absolute Gasteiger partial charge is 0.394 e. The molecule has 0 saturated carbocycles. The second-order valence-corrected chi connectivity index (χ2v) is 3.65. The first-order chi connectivity index (χ1) is 6.72. The van der Waals surface area contributed by atoms with Crippen LogP contribution in [0.2, 0.25) is 0 Å². The van der Waals surface area contributed by atoms with E-state index >= 15 is 0 Å². The van der Waals surface area contributed by atoms with Gasteiger partial charge in [0.15, 0.2) is 6.04 Å². The molecule has 0 aromatic rings. The summed E-state index contributed by atoms with van der Waals surface area (Å²) in [7, 11) is 0. The first kappa shape index (κ1) is 22.0. The van der Waals surface area contributed by atoms with Gasteiger partial charge in [0.2, 0.25) is 0 Å². The molecule has 0 heterocycles. The van der Waals surface area contributed by atoms with Crippen molar-refractivity contribution >= 4 is 5.97 Å². The number of aliphatic carboxylic acids is 1. The van der Waals surface area contributed by atoms with Crippen molar-refractivity contribution in [1.82, 2.24) is 0 Å². The van der Waals surface area contributed by atoms with E-state index in [2.05, 4.69) is 11.5 Å². The first-order valence-electron chi connectivity index (χ1n) is 4.68. The maximum Gasteiger partial charge on any atom is 0.394 e. The van der Waals surface area contributed by atoms with Crippen molar-refractivity contribution in [2.24, 2.45) is 0 Å². The number of alkyl halides is 3. The van der Waals surface area contributed by atoms with Gasteiger partial charge in [-0.2, -0.15) is 13.2 Å². The fraction of sp³-hybridized carbons (Fsp3) is 0.875. The summed E-state index contributed by atoms with van der Waals surface area (Å²) in [6, 6.07) is -1.45. The SMILES string of the molecule is [Cl-].[Cl-].[NH3+]C(CCC[C@H]([NH3+])C(=O)O)CC(F)(F)F. The zero-order valence-corrected chi connectivity index (χ0v) is 10.7. The molecule has 0 aromatic carbocycles. The highest BCUT2D eigenvalue weighted by molar-refractivity contribution is 5.71. The molecular formula is C8H17Cl2F3N2O2. The Morgan fingerprint density at radius 2 is 1.65 bits per heavy atom. The number of carboxylic acids is 1. The molecule has 0 bridgehead atoms. The molecule has 0 aromatic heterocycles. The molecule has 0 fully saturated rings. The fourth-order valence-electron chi connectivity index (χ4n) is 1.21. The maximum absolute atomic E-state index is 11.9. The minimum absolute atomic E-state index is 0. The Hall–Kier alpha value is -0.240. The van der Waals surface area contributed by atoms with Gasteiger partial charge < -0.3 is 41.4 Å². The van der Waals surface area contributed by atoms with Gasteiger partial charge in [-0.3, -0.25) is 0 Å². The molecule has 1 unspecified atom stereocenters. The number of quaternary nitrogens is 2. The van der Waals surface area contributed by atoms with Crippen molar-refractivity contribution < 1.29 is 59.4 Å². The van der Waals surface area contributed by atoms with Gasteiger partial charge in [-0.25, -0.2) is 4.79 Å². The van der Waals surface area contributed by atoms with Crippen molar-refractivity contribution in [1.29, 1.82) is 0 Å². The summed E-state index contributed by atoms with van der Waals surface area (Å²) in [5, 5.41) is 8.48. The third-order valence-corrected chi connectivity index (χ3v) is 2.03. The highest BCUT2D eigenvalue weighted by Crippen LogP contribution is 2.21. The molecule has 0 rings (SSSR count). The topological polar surface area (TPSA) is 92.6 Å². The van der Waals surface area contributed by atoms with Crippen LogP contribution in [0.25, 0.3) is 0 Å². The number of hydrogen-bond acceptors (Lipinski definition) is 1. The summed E-state index contributed by atoms with van der Waals surface area (Å²) in [6.07, 6.45) is -4.13. The Morgan fingerprint density at radius 3 is 2.00 bits per heavy atom. The van der Waals surface area contributed by atoms with Crippen LogP contribution >= 0.6 is 0 Å². The number of hydrogen-bond donors (Lipinski definition) is 3. The van der Waals surface area contributed by atoms with Gasteiger partial charge in [0.05, 0.1) is 12.5 Å². The van der Waals surface area contributed by atoms with E-state index in [1.807, 2.05) is 0 Å². The summed E-state index contributed by atoms with van der Waals surface area (Å²) < 4.78 is 35.6. The zero-order valence-electron chi connectivity index (χ0n) is 9.14. The van der Waals surface area contributed by atoms with Crippen LogP contribution < -0.4 is 36.3 Å². The lowest BCUT2D eigenvalue weighted by atomic mass is 10.0. The van der Waals surface area contributed by atoms with Crippen molar-refractivity contribution in [2.45, 2.75) is 43.9 Å². The Labute approximate surface area is 110 Å². The van der Waals surface area contributed by atoms with Crippen LogP contribution in [-0.4, -0.2) is 29.3 Å². The minimum atomic E-state index is -4.19. The fourth-order valence-corrected chi connectivity index (χ4v) is 1.21. The third-order valence-electron chi connectivity index (χ3n) is 2.03. The molecule has 0 aliphatic carbocycles. The maximum atomic E-state index is 11.9. The molecule has 0 spiro atoms. The second-order valence-electron chi connectivity index (χ2n) is 3.65. The van der Waals surface area contributed by atoms with E-state index in [9.17, 15) is 18.0 Å². The van der Waals surface area contributed by atoms with Crippen LogP contribution in [0.3, 0.4) is 0 Å². The van der Waals surface area contributed by atoms with E-state index in [0.717, 1.165) is 0 Å². The van der Waals surface area contributed by atoms with Gasteiger partial charge >= 0.3 is 12.1 Å². The predicted molar refractivity (Wildman–Crippen MR) is 45.5 cm³/mol. The predicted octanol–water partition coefficient (Wildman–Crippen LogP) is -6.58. The number of halogens is 5. The van der Waals surface area contributed by atoms with Gasteiger partial charge in [0.25, 0.3) is 0 Å². The molecule has 2 atom stereocenters. The van der Waals surface area contributed by atoms with Crippen LogP contribution in [0.15, 0.2) is 0 Å². The molecule has 0 amide bonds. The van der Waals surface area contributed by atoms with Gasteiger partial charge in [0, 0.05) is 6.42 Å². The molecule has 0 aliphatic heterocycles. The lowest BCUT2D eigenvalue weighted by molar-refractivity contribution is -0.435. The van der Waals surface area contributed by atoms with E-state index < -0.39 is 30.7 Å². The number of carboxylic acid groups (broad SMARTS) is 1. The Morgan fingerprint density at radius 1 is 1.18 bits per heavy atom. The van der Waals surface area contributed by atoms with Crippen LogP contribution in [0, 0.1) is 0 Å². The van der Waals surface area contributed by atoms with Crippen LogP contribution in [0.5, 0.6) is 0 Å². The molecule has 9 heteroatoms. The first-order valence-corrected chi connectivity index (χ1v) is 4.68. The van der Waals surface area contributed by atoms with Crippen LogP contribution in [-0.2, 0) is 4.79 Å². The number of carbonyl (C=O) groups is 1. The molecule has 0 radical (unpaired) electrons. The Bertz CT molecular complexity index is 217. The summed E-state index contributed by atoms with van der Waals surface area (Å²) >= 11 is 0. The molecule has 0 aliphatic rings. The van der Waals surface area contributed by atoms with Crippen molar-refractivity contribution in [2.75, 3.05) is 0 Å². The normalized spacial score (nSPS) is 14.2. The Balaban J connectivity index is -0.000000980. The van der Waals surface area contributed by atoms with Crippen molar-refractivity contribution in [3.05, 3.63) is 0 Å². The zero-order chi connectivity index (χ0) is 12.1. The highest BCUT2D eigenvalue weighted by Gasteiger charge is 2.32. The van der Waals surface area contributed by atoms with Gasteiger partial charge in [-0.05, 0) is 12.8 Å². The number of rotatable bonds is 6. The van der Waals surface area contributed by atoms with E-state index in [0.29, 0.717) is 12.8 Å². The van der Waals surface area contributed by atoms with E-state index in [1.54, 1.807) is 0 Å². The van der Waals surface area contributed by atoms with E-state index in [1.165, 1.54) is 0 Å². The van der Waals surface area contributed by atoms with Gasteiger partial charge in [0.1, 0.15) is 0 Å². The van der Waals surface area contributed by atoms with Gasteiger partial charge in [-0.1, -0.05) is 0 Å². The third kappa shape index (κ3) is 13.7. The summed E-state index contributed by atoms with van der Waals surface area (Å²) in [6.45, 7) is 0. The summed E-state index contributed by atoms with van der Waals surface area (Å²) in [4.78, 5) is 10.3. The molecular weight excluding hydrogens is 284 g/mol. The lowest BCUT2D eigenvalue weighted by Crippen LogP contribution is -3.00. The molecule has 0 saturated heterocycles. The molecule has 17 heavy (non-hydrogen) atoms. The largest absolute Gasteiger partial charge is 1.00 e. The highest BCUT2D eigenvalue weighted by atomic mass is 35.5. The molecule has 4 nitrogen and oxygen atoms in total. The van der Waals surface area contributed by atoms with Gasteiger partial charge in [-0.15, -0.1) is 0 Å². The Kier molecular flexibility index (Phi) is 12.6. The second kappa shape index (κ2) is 9.76. The summed E-state index contributed by atoms with van der Waals surface area (Å²) in [5.41, 5.74) is 6.74. The minimum Gasteiger partial charge on any atom is -1.00 e. The molecule has 106 valence electrons. The monoisotopic (exact) mass is 300 g/mol. The average molecular weight is 301 g/mol. The van der Waals surface area contributed by atoms with Crippen LogP contribution in [0.4, 0.5) is 13.2 Å². The van der Waals surface area contributed by atoms with Crippen LogP contribution in [0.1, 0.15) is 25.7 Å². The van der Waals surface area contributed by atoms with E-state index in [-0.39, 0.29) is 31.2 Å². The van der Waals surface area contributed by atoms with Crippen molar-refractivity contribution in [3.8, 4) is 0 Å². The van der Waals surface area contributed by atoms with Crippen molar-refractivity contribution in [3.63, 3.8) is 0 Å².